The molecule has 21 heavy (non-hydrogen) atoms. The third kappa shape index (κ3) is 3.08. The number of pyridine rings is 1. The van der Waals surface area contributed by atoms with E-state index in [2.05, 4.69) is 0 Å². The van der Waals surface area contributed by atoms with Crippen LogP contribution >= 0.6 is 11.6 Å². The Morgan fingerprint density at radius 2 is 1.86 bits per heavy atom. The largest absolute Gasteiger partial charge is 0.309 e. The molecule has 0 N–H and O–H groups in total. The van der Waals surface area contributed by atoms with Gasteiger partial charge in [0, 0.05) is 17.3 Å². The van der Waals surface area contributed by atoms with Crippen molar-refractivity contribution in [1.29, 1.82) is 0 Å². The Kier molecular flexibility index (Phi) is 4.48. The van der Waals surface area contributed by atoms with Crippen molar-refractivity contribution in [2.75, 3.05) is 0 Å². The number of rotatable bonds is 3. The quantitative estimate of drug-likeness (QED) is 0.801. The van der Waals surface area contributed by atoms with Crippen molar-refractivity contribution in [1.82, 2.24) is 4.57 Å². The molecule has 114 valence electrons. The van der Waals surface area contributed by atoms with Gasteiger partial charge in [0.2, 0.25) is 5.24 Å². The zero-order valence-corrected chi connectivity index (χ0v) is 13.1. The number of nitrogens with zero attached hydrogens (tertiary/aromatic N) is 1. The number of aromatic nitrogens is 1. The lowest BCUT2D eigenvalue weighted by molar-refractivity contribution is -0.111. The smallest absolute Gasteiger partial charge is 0.254 e. The highest BCUT2D eigenvalue weighted by atomic mass is 35.5. The van der Waals surface area contributed by atoms with E-state index in [-0.39, 0.29) is 12.0 Å². The predicted octanol–water partition coefficient (Wildman–Crippen LogP) is 3.54. The topological polar surface area (TPSA) is 39.1 Å². The molecule has 1 fully saturated rings. The SMILES string of the molecule is O=C(Cl)Cc1cc2c(n(C3CCCCC3)c1=O)CCCC2. The Morgan fingerprint density at radius 3 is 2.57 bits per heavy atom. The molecule has 1 aromatic heterocycles. The van der Waals surface area contributed by atoms with E-state index in [4.69, 9.17) is 11.6 Å². The van der Waals surface area contributed by atoms with Crippen LogP contribution in [0.5, 0.6) is 0 Å². The second kappa shape index (κ2) is 6.35. The molecular formula is C17H22ClNO2. The third-order valence-corrected chi connectivity index (χ3v) is 5.02. The summed E-state index contributed by atoms with van der Waals surface area (Å²) in [4.78, 5) is 24.1. The average molecular weight is 308 g/mol. The summed E-state index contributed by atoms with van der Waals surface area (Å²) in [5, 5.41) is -0.446. The molecule has 0 aromatic carbocycles. The normalized spacial score (nSPS) is 19.3. The van der Waals surface area contributed by atoms with Gasteiger partial charge in [0.15, 0.2) is 0 Å². The van der Waals surface area contributed by atoms with Crippen LogP contribution in [0.4, 0.5) is 0 Å². The standard InChI is InChI=1S/C17H22ClNO2/c18-16(20)11-13-10-12-6-4-5-9-15(12)19(17(13)21)14-7-2-1-3-8-14/h10,14H,1-9,11H2. The van der Waals surface area contributed by atoms with Gasteiger partial charge in [-0.05, 0) is 61.8 Å². The van der Waals surface area contributed by atoms with Gasteiger partial charge in [-0.25, -0.2) is 0 Å². The van der Waals surface area contributed by atoms with Crippen LogP contribution in [0.2, 0.25) is 0 Å². The number of halogens is 1. The highest BCUT2D eigenvalue weighted by Gasteiger charge is 2.24. The first-order valence-electron chi connectivity index (χ1n) is 8.11. The summed E-state index contributed by atoms with van der Waals surface area (Å²) < 4.78 is 2.03. The fourth-order valence-electron chi connectivity index (χ4n) is 3.89. The molecule has 1 saturated carbocycles. The maximum atomic E-state index is 12.8. The summed E-state index contributed by atoms with van der Waals surface area (Å²) in [6.07, 6.45) is 10.2. The van der Waals surface area contributed by atoms with Gasteiger partial charge in [-0.3, -0.25) is 9.59 Å². The summed E-state index contributed by atoms with van der Waals surface area (Å²) in [7, 11) is 0. The first-order chi connectivity index (χ1) is 10.2. The minimum Gasteiger partial charge on any atom is -0.309 e. The zero-order chi connectivity index (χ0) is 14.8. The maximum absolute atomic E-state index is 12.8. The van der Waals surface area contributed by atoms with Crippen LogP contribution in [-0.2, 0) is 24.1 Å². The van der Waals surface area contributed by atoms with E-state index in [0.29, 0.717) is 11.6 Å². The molecule has 4 heteroatoms. The predicted molar refractivity (Wildman–Crippen MR) is 84.0 cm³/mol. The van der Waals surface area contributed by atoms with Crippen molar-refractivity contribution < 1.29 is 4.79 Å². The number of carbonyl (C=O) groups is 1. The van der Waals surface area contributed by atoms with E-state index in [0.717, 1.165) is 32.1 Å². The van der Waals surface area contributed by atoms with Gasteiger partial charge >= 0.3 is 0 Å². The highest BCUT2D eigenvalue weighted by Crippen LogP contribution is 2.31. The fraction of sp³-hybridized carbons (Fsp3) is 0.647. The molecule has 3 rings (SSSR count). The molecule has 0 spiro atoms. The second-order valence-corrected chi connectivity index (χ2v) is 6.77. The molecule has 0 radical (unpaired) electrons. The van der Waals surface area contributed by atoms with Gasteiger partial charge in [-0.2, -0.15) is 0 Å². The zero-order valence-electron chi connectivity index (χ0n) is 12.4. The molecule has 0 aliphatic heterocycles. The van der Waals surface area contributed by atoms with E-state index >= 15 is 0 Å². The van der Waals surface area contributed by atoms with Gasteiger partial charge < -0.3 is 4.57 Å². The van der Waals surface area contributed by atoms with Crippen LogP contribution in [0.15, 0.2) is 10.9 Å². The third-order valence-electron chi connectivity index (χ3n) is 4.88. The summed E-state index contributed by atoms with van der Waals surface area (Å²) in [5.41, 5.74) is 3.10. The minimum atomic E-state index is -0.446. The van der Waals surface area contributed by atoms with E-state index in [1.807, 2.05) is 10.6 Å². The Bertz CT molecular complexity index is 600. The van der Waals surface area contributed by atoms with Crippen LogP contribution in [0.1, 0.15) is 67.8 Å². The van der Waals surface area contributed by atoms with Crippen LogP contribution in [0.25, 0.3) is 0 Å². The average Bonchev–Trinajstić information content (AvgIpc) is 2.48. The van der Waals surface area contributed by atoms with Gasteiger partial charge in [0.05, 0.1) is 6.42 Å². The lowest BCUT2D eigenvalue weighted by Crippen LogP contribution is -2.34. The minimum absolute atomic E-state index is 0.0246. The van der Waals surface area contributed by atoms with Crippen molar-refractivity contribution in [3.63, 3.8) is 0 Å². The number of aryl methyl sites for hydroxylation is 1. The van der Waals surface area contributed by atoms with Crippen molar-refractivity contribution in [3.8, 4) is 0 Å². The molecule has 0 saturated heterocycles. The van der Waals surface area contributed by atoms with Gasteiger partial charge in [0.25, 0.3) is 5.56 Å². The lowest BCUT2D eigenvalue weighted by Gasteiger charge is -2.30. The summed E-state index contributed by atoms with van der Waals surface area (Å²) >= 11 is 5.52. The van der Waals surface area contributed by atoms with E-state index in [1.165, 1.54) is 36.9 Å². The summed E-state index contributed by atoms with van der Waals surface area (Å²) in [6, 6.07) is 2.26. The van der Waals surface area contributed by atoms with Crippen molar-refractivity contribution in [2.45, 2.75) is 70.3 Å². The molecule has 2 aliphatic carbocycles. The Labute approximate surface area is 130 Å². The highest BCUT2D eigenvalue weighted by molar-refractivity contribution is 6.63. The van der Waals surface area contributed by atoms with Gasteiger partial charge in [-0.1, -0.05) is 19.3 Å². The van der Waals surface area contributed by atoms with Crippen LogP contribution in [0, 0.1) is 0 Å². The van der Waals surface area contributed by atoms with Crippen LogP contribution in [-0.4, -0.2) is 9.81 Å². The Morgan fingerprint density at radius 1 is 1.14 bits per heavy atom. The van der Waals surface area contributed by atoms with Crippen LogP contribution < -0.4 is 5.56 Å². The fourth-order valence-corrected chi connectivity index (χ4v) is 4.04. The van der Waals surface area contributed by atoms with E-state index in [9.17, 15) is 9.59 Å². The lowest BCUT2D eigenvalue weighted by atomic mass is 9.90. The molecule has 2 aliphatic rings. The van der Waals surface area contributed by atoms with Crippen LogP contribution in [0.3, 0.4) is 0 Å². The summed E-state index contributed by atoms with van der Waals surface area (Å²) in [6.45, 7) is 0. The molecular weight excluding hydrogens is 286 g/mol. The van der Waals surface area contributed by atoms with Crippen molar-refractivity contribution in [2.24, 2.45) is 0 Å². The molecule has 0 unspecified atom stereocenters. The Balaban J connectivity index is 2.09. The molecule has 1 heterocycles. The number of carbonyl (C=O) groups excluding carboxylic acids is 1. The second-order valence-electron chi connectivity index (χ2n) is 6.35. The molecule has 3 nitrogen and oxygen atoms in total. The first kappa shape index (κ1) is 14.8. The van der Waals surface area contributed by atoms with Gasteiger partial charge in [-0.15, -0.1) is 0 Å². The van der Waals surface area contributed by atoms with E-state index in [1.54, 1.807) is 0 Å². The molecule has 1 aromatic rings. The van der Waals surface area contributed by atoms with Gasteiger partial charge in [0.1, 0.15) is 0 Å². The first-order valence-corrected chi connectivity index (χ1v) is 8.49. The summed E-state index contributed by atoms with van der Waals surface area (Å²) in [5.74, 6) is 0. The van der Waals surface area contributed by atoms with E-state index < -0.39 is 5.24 Å². The maximum Gasteiger partial charge on any atom is 0.254 e. The number of fused-ring (bicyclic) bond motifs is 1. The molecule has 0 amide bonds. The molecule has 0 atom stereocenters. The van der Waals surface area contributed by atoms with Crippen molar-refractivity contribution >= 4 is 16.8 Å². The Hall–Kier alpha value is -1.09. The number of hydrogen-bond acceptors (Lipinski definition) is 2. The monoisotopic (exact) mass is 307 g/mol. The number of hydrogen-bond donors (Lipinski definition) is 0. The molecule has 0 bridgehead atoms. The van der Waals surface area contributed by atoms with Crippen molar-refractivity contribution in [3.05, 3.63) is 33.2 Å².